The lowest BCUT2D eigenvalue weighted by molar-refractivity contribution is -0.140. The molecule has 0 aromatic carbocycles. The van der Waals surface area contributed by atoms with Gasteiger partial charge < -0.3 is 25.0 Å². The highest BCUT2D eigenvalue weighted by atomic mass is 31.2. The molecule has 11 heteroatoms. The average molecular weight is 315 g/mol. The summed E-state index contributed by atoms with van der Waals surface area (Å²) in [5.74, 6) is 0.283. The van der Waals surface area contributed by atoms with E-state index in [9.17, 15) is 4.57 Å². The van der Waals surface area contributed by atoms with Gasteiger partial charge in [-0.1, -0.05) is 0 Å². The van der Waals surface area contributed by atoms with E-state index in [4.69, 9.17) is 25.0 Å². The molecule has 0 spiro atoms. The number of imidazole rings is 1. The van der Waals surface area contributed by atoms with E-state index in [0.29, 0.717) is 24.0 Å². The zero-order valence-electron chi connectivity index (χ0n) is 10.9. The van der Waals surface area contributed by atoms with Crippen molar-refractivity contribution in [2.75, 3.05) is 12.1 Å². The third-order valence-corrected chi connectivity index (χ3v) is 3.57. The van der Waals surface area contributed by atoms with E-state index < -0.39 is 20.2 Å². The summed E-state index contributed by atoms with van der Waals surface area (Å²) in [6.45, 7) is 0. The Bertz CT molecular complexity index is 700. The molecule has 3 rings (SSSR count). The van der Waals surface area contributed by atoms with Crippen LogP contribution in [0.1, 0.15) is 19.1 Å². The third kappa shape index (κ3) is 3.04. The first kappa shape index (κ1) is 14.4. The number of rotatable bonds is 4. The first-order chi connectivity index (χ1) is 9.94. The van der Waals surface area contributed by atoms with Gasteiger partial charge >= 0.3 is 7.60 Å². The molecule has 1 saturated heterocycles. The molecule has 2 aromatic heterocycles. The molecule has 0 amide bonds. The van der Waals surface area contributed by atoms with Crippen molar-refractivity contribution in [3.8, 4) is 0 Å². The second-order valence-electron chi connectivity index (χ2n) is 4.64. The van der Waals surface area contributed by atoms with Crippen LogP contribution in [0.5, 0.6) is 0 Å². The van der Waals surface area contributed by atoms with Crippen molar-refractivity contribution in [2.24, 2.45) is 0 Å². The molecule has 1 aliphatic rings. The molecule has 0 radical (unpaired) electrons. The molecule has 1 aliphatic heterocycles. The normalized spacial score (nSPS) is 23.0. The Hall–Kier alpha value is -1.58. The maximum atomic E-state index is 10.8. The number of aromatic nitrogens is 4. The van der Waals surface area contributed by atoms with Crippen LogP contribution in [0, 0.1) is 0 Å². The van der Waals surface area contributed by atoms with Gasteiger partial charge in [-0.25, -0.2) is 15.0 Å². The van der Waals surface area contributed by atoms with Gasteiger partial charge in [-0.05, 0) is 6.42 Å². The quantitative estimate of drug-likeness (QED) is 0.673. The topological polar surface area (TPSA) is 146 Å². The summed E-state index contributed by atoms with van der Waals surface area (Å²) < 4.78 is 23.1. The summed E-state index contributed by atoms with van der Waals surface area (Å²) in [4.78, 5) is 29.7. The van der Waals surface area contributed by atoms with Gasteiger partial charge in [0.15, 0.2) is 24.1 Å². The predicted octanol–water partition coefficient (Wildman–Crippen LogP) is 0.195. The Balaban J connectivity index is 1.73. The molecule has 114 valence electrons. The van der Waals surface area contributed by atoms with Crippen molar-refractivity contribution >= 4 is 24.6 Å². The fraction of sp³-hybridized carbons (Fsp3) is 0.500. The molecule has 10 nitrogen and oxygen atoms in total. The summed E-state index contributed by atoms with van der Waals surface area (Å²) in [7, 11) is -4.20. The molecule has 1 fully saturated rings. The van der Waals surface area contributed by atoms with E-state index in [0.717, 1.165) is 0 Å². The highest BCUT2D eigenvalue weighted by molar-refractivity contribution is 7.51. The van der Waals surface area contributed by atoms with Gasteiger partial charge in [0.1, 0.15) is 18.1 Å². The van der Waals surface area contributed by atoms with Crippen LogP contribution in [-0.2, 0) is 14.0 Å². The maximum absolute atomic E-state index is 10.8. The van der Waals surface area contributed by atoms with Crippen LogP contribution < -0.4 is 5.73 Å². The first-order valence-electron chi connectivity index (χ1n) is 6.19. The number of nitrogen functional groups attached to an aromatic ring is 1. The van der Waals surface area contributed by atoms with Crippen LogP contribution in [0.25, 0.3) is 11.2 Å². The lowest BCUT2D eigenvalue weighted by Gasteiger charge is -2.15. The van der Waals surface area contributed by atoms with Crippen LogP contribution in [0.4, 0.5) is 5.82 Å². The van der Waals surface area contributed by atoms with E-state index in [1.54, 1.807) is 10.9 Å². The zero-order chi connectivity index (χ0) is 15.0. The van der Waals surface area contributed by atoms with Crippen molar-refractivity contribution < 1.29 is 23.8 Å². The SMILES string of the molecule is Nc1ncnc2c1ncn2C1CCC(OCP(=O)(O)O)O1. The van der Waals surface area contributed by atoms with E-state index in [2.05, 4.69) is 15.0 Å². The van der Waals surface area contributed by atoms with Gasteiger partial charge in [0, 0.05) is 6.42 Å². The molecule has 2 unspecified atom stereocenters. The number of nitrogens with zero attached hydrogens (tertiary/aromatic N) is 4. The Morgan fingerprint density at radius 3 is 3.00 bits per heavy atom. The Morgan fingerprint density at radius 1 is 1.43 bits per heavy atom. The fourth-order valence-corrected chi connectivity index (χ4v) is 2.54. The molecule has 2 atom stereocenters. The van der Waals surface area contributed by atoms with Crippen LogP contribution in [-0.4, -0.2) is 41.9 Å². The predicted molar refractivity (Wildman–Crippen MR) is 70.9 cm³/mol. The summed E-state index contributed by atoms with van der Waals surface area (Å²) >= 11 is 0. The number of fused-ring (bicyclic) bond motifs is 1. The monoisotopic (exact) mass is 315 g/mol. The van der Waals surface area contributed by atoms with Gasteiger partial charge in [0.2, 0.25) is 0 Å². The van der Waals surface area contributed by atoms with Gasteiger partial charge in [0.25, 0.3) is 0 Å². The molecular weight excluding hydrogens is 301 g/mol. The van der Waals surface area contributed by atoms with Gasteiger partial charge in [-0.2, -0.15) is 0 Å². The maximum Gasteiger partial charge on any atom is 0.351 e. The Labute approximate surface area is 119 Å². The van der Waals surface area contributed by atoms with Crippen molar-refractivity contribution in [3.63, 3.8) is 0 Å². The van der Waals surface area contributed by atoms with Crippen LogP contribution in [0.2, 0.25) is 0 Å². The minimum Gasteiger partial charge on any atom is -0.382 e. The Kier molecular flexibility index (Phi) is 3.64. The third-order valence-electron chi connectivity index (χ3n) is 3.08. The minimum atomic E-state index is -4.20. The highest BCUT2D eigenvalue weighted by Crippen LogP contribution is 2.37. The second kappa shape index (κ2) is 5.32. The zero-order valence-corrected chi connectivity index (χ0v) is 11.8. The molecule has 0 saturated carbocycles. The summed E-state index contributed by atoms with van der Waals surface area (Å²) in [5, 5.41) is 0. The summed E-state index contributed by atoms with van der Waals surface area (Å²) in [5.41, 5.74) is 6.74. The average Bonchev–Trinajstić information content (AvgIpc) is 3.02. The second-order valence-corrected chi connectivity index (χ2v) is 6.23. The largest absolute Gasteiger partial charge is 0.382 e. The van der Waals surface area contributed by atoms with Crippen molar-refractivity contribution in [1.29, 1.82) is 0 Å². The van der Waals surface area contributed by atoms with Gasteiger partial charge in [0.05, 0.1) is 6.33 Å². The van der Waals surface area contributed by atoms with E-state index in [1.165, 1.54) is 6.33 Å². The van der Waals surface area contributed by atoms with Crippen molar-refractivity contribution in [3.05, 3.63) is 12.7 Å². The number of hydrogen-bond acceptors (Lipinski definition) is 7. The summed E-state index contributed by atoms with van der Waals surface area (Å²) in [6, 6.07) is 0. The smallest absolute Gasteiger partial charge is 0.351 e. The molecule has 4 N–H and O–H groups in total. The molecule has 0 bridgehead atoms. The van der Waals surface area contributed by atoms with E-state index in [-0.39, 0.29) is 12.0 Å². The molecule has 2 aromatic rings. The van der Waals surface area contributed by atoms with Crippen LogP contribution in [0.15, 0.2) is 12.7 Å². The van der Waals surface area contributed by atoms with E-state index >= 15 is 0 Å². The lowest BCUT2D eigenvalue weighted by Crippen LogP contribution is -2.15. The number of nitrogens with two attached hydrogens (primary N) is 1. The minimum absolute atomic E-state index is 0.283. The molecular formula is C10H14N5O5P. The molecule has 3 heterocycles. The molecule has 21 heavy (non-hydrogen) atoms. The highest BCUT2D eigenvalue weighted by Gasteiger charge is 2.30. The number of ether oxygens (including phenoxy) is 2. The van der Waals surface area contributed by atoms with Gasteiger partial charge in [-0.15, -0.1) is 0 Å². The Morgan fingerprint density at radius 2 is 2.24 bits per heavy atom. The number of hydrogen-bond donors (Lipinski definition) is 3. The summed E-state index contributed by atoms with van der Waals surface area (Å²) in [6.07, 6.45) is 2.32. The van der Waals surface area contributed by atoms with Crippen LogP contribution >= 0.6 is 7.60 Å². The van der Waals surface area contributed by atoms with Gasteiger partial charge in [-0.3, -0.25) is 9.13 Å². The lowest BCUT2D eigenvalue weighted by atomic mass is 10.3. The van der Waals surface area contributed by atoms with E-state index in [1.807, 2.05) is 0 Å². The fourth-order valence-electron chi connectivity index (χ4n) is 2.18. The van der Waals surface area contributed by atoms with Crippen molar-refractivity contribution in [2.45, 2.75) is 25.4 Å². The molecule has 0 aliphatic carbocycles. The first-order valence-corrected chi connectivity index (χ1v) is 7.98. The van der Waals surface area contributed by atoms with Crippen molar-refractivity contribution in [1.82, 2.24) is 19.5 Å². The number of anilines is 1. The van der Waals surface area contributed by atoms with Crippen LogP contribution in [0.3, 0.4) is 0 Å². The standard InChI is InChI=1S/C10H14N5O5P/c11-9-8-10(13-3-12-9)15(4-14-8)6-1-2-7(20-6)19-5-21(16,17)18/h3-4,6-7H,1-2,5H2,(H2,11,12,13)(H2,16,17,18).